The van der Waals surface area contributed by atoms with Gasteiger partial charge in [0.05, 0.1) is 15.7 Å². The molecule has 3 aliphatic rings. The van der Waals surface area contributed by atoms with Crippen LogP contribution < -0.4 is 4.90 Å². The van der Waals surface area contributed by atoms with Gasteiger partial charge in [0, 0.05) is 59.9 Å². The number of carbonyl (C=O) groups is 1. The van der Waals surface area contributed by atoms with Gasteiger partial charge in [0.15, 0.2) is 0 Å². The van der Waals surface area contributed by atoms with Gasteiger partial charge in [-0.2, -0.15) is 0 Å². The fourth-order valence-electron chi connectivity index (χ4n) is 5.29. The summed E-state index contributed by atoms with van der Waals surface area (Å²) in [6.07, 6.45) is 2.53. The van der Waals surface area contributed by atoms with Crippen LogP contribution in [0, 0.1) is 17.8 Å². The molecule has 2 atom stereocenters. The molecule has 3 fully saturated rings. The van der Waals surface area contributed by atoms with Crippen LogP contribution >= 0.6 is 23.2 Å². The van der Waals surface area contributed by atoms with Gasteiger partial charge >= 0.3 is 6.03 Å². The van der Waals surface area contributed by atoms with Gasteiger partial charge in [0.25, 0.3) is 0 Å². The molecule has 2 heterocycles. The van der Waals surface area contributed by atoms with Gasteiger partial charge in [-0.15, -0.1) is 0 Å². The maximum atomic E-state index is 12.2. The van der Waals surface area contributed by atoms with E-state index in [1.165, 1.54) is 19.4 Å². The summed E-state index contributed by atoms with van der Waals surface area (Å²) in [5.41, 5.74) is 1.05. The third-order valence-electron chi connectivity index (χ3n) is 6.66. The zero-order valence-corrected chi connectivity index (χ0v) is 18.3. The summed E-state index contributed by atoms with van der Waals surface area (Å²) in [6, 6.07) is 6.04. The van der Waals surface area contributed by atoms with Crippen molar-refractivity contribution < 1.29 is 4.79 Å². The van der Waals surface area contributed by atoms with E-state index in [9.17, 15) is 4.79 Å². The standard InChI is InChI=1S/C21H30Cl2N4O/c1-24(2)21(28)27-13-16-10-15(11-17(16)14-27)12-25-6-8-26(9-7-25)19-5-3-4-18(22)20(19)23/h3-5,15-17H,6-14H2,1-2H3. The number of urea groups is 1. The Bertz CT molecular complexity index is 706. The lowest BCUT2D eigenvalue weighted by Crippen LogP contribution is -2.47. The lowest BCUT2D eigenvalue weighted by molar-refractivity contribution is 0.173. The largest absolute Gasteiger partial charge is 0.368 e. The van der Waals surface area contributed by atoms with E-state index in [4.69, 9.17) is 23.2 Å². The molecule has 154 valence electrons. The van der Waals surface area contributed by atoms with E-state index in [1.807, 2.05) is 31.1 Å². The van der Waals surface area contributed by atoms with Crippen LogP contribution in [0.4, 0.5) is 10.5 Å². The fourth-order valence-corrected chi connectivity index (χ4v) is 5.70. The Morgan fingerprint density at radius 3 is 2.32 bits per heavy atom. The zero-order chi connectivity index (χ0) is 19.8. The van der Waals surface area contributed by atoms with Crippen molar-refractivity contribution in [2.45, 2.75) is 12.8 Å². The van der Waals surface area contributed by atoms with E-state index < -0.39 is 0 Å². The molecular weight excluding hydrogens is 395 g/mol. The SMILES string of the molecule is CN(C)C(=O)N1CC2CC(CN3CCN(c4cccc(Cl)c4Cl)CC3)CC2C1. The van der Waals surface area contributed by atoms with Crippen LogP contribution in [0.25, 0.3) is 0 Å². The molecule has 1 aliphatic carbocycles. The maximum Gasteiger partial charge on any atom is 0.319 e. The molecule has 2 aliphatic heterocycles. The second-order valence-corrected chi connectivity index (χ2v) is 9.59. The van der Waals surface area contributed by atoms with Crippen molar-refractivity contribution >= 4 is 34.9 Å². The number of hydrogen-bond donors (Lipinski definition) is 0. The monoisotopic (exact) mass is 424 g/mol. The van der Waals surface area contributed by atoms with Crippen molar-refractivity contribution in [3.05, 3.63) is 28.2 Å². The molecule has 2 saturated heterocycles. The molecule has 4 rings (SSSR count). The summed E-state index contributed by atoms with van der Waals surface area (Å²) in [5.74, 6) is 2.16. The Morgan fingerprint density at radius 1 is 1.07 bits per heavy atom. The summed E-state index contributed by atoms with van der Waals surface area (Å²) >= 11 is 12.6. The van der Waals surface area contributed by atoms with E-state index in [2.05, 4.69) is 15.9 Å². The van der Waals surface area contributed by atoms with Crippen LogP contribution in [0.2, 0.25) is 10.0 Å². The van der Waals surface area contributed by atoms with Gasteiger partial charge < -0.3 is 14.7 Å². The van der Waals surface area contributed by atoms with Gasteiger partial charge in [-0.3, -0.25) is 4.90 Å². The average molecular weight is 425 g/mol. The smallest absolute Gasteiger partial charge is 0.319 e. The summed E-state index contributed by atoms with van der Waals surface area (Å²) in [4.78, 5) is 20.9. The van der Waals surface area contributed by atoms with Gasteiger partial charge in [-0.25, -0.2) is 4.79 Å². The topological polar surface area (TPSA) is 30.0 Å². The van der Waals surface area contributed by atoms with Gasteiger partial charge in [0.1, 0.15) is 0 Å². The minimum absolute atomic E-state index is 0.168. The van der Waals surface area contributed by atoms with Gasteiger partial charge in [-0.1, -0.05) is 29.3 Å². The third-order valence-corrected chi connectivity index (χ3v) is 7.47. The van der Waals surface area contributed by atoms with Crippen molar-refractivity contribution in [2.75, 3.05) is 64.8 Å². The molecule has 5 nitrogen and oxygen atoms in total. The number of nitrogens with zero attached hydrogens (tertiary/aromatic N) is 4. The number of anilines is 1. The first-order valence-corrected chi connectivity index (χ1v) is 11.1. The van der Waals surface area contributed by atoms with E-state index >= 15 is 0 Å². The first kappa shape index (κ1) is 20.1. The van der Waals surface area contributed by atoms with Gasteiger partial charge in [0.2, 0.25) is 0 Å². The Labute approximate surface area is 178 Å². The second kappa shape index (κ2) is 8.29. The molecule has 0 spiro atoms. The molecule has 1 aromatic rings. The summed E-state index contributed by atoms with van der Waals surface area (Å²) in [7, 11) is 3.69. The fraction of sp³-hybridized carbons (Fsp3) is 0.667. The van der Waals surface area contributed by atoms with Crippen LogP contribution in [0.15, 0.2) is 18.2 Å². The second-order valence-electron chi connectivity index (χ2n) is 8.80. The summed E-state index contributed by atoms with van der Waals surface area (Å²) < 4.78 is 0. The van der Waals surface area contributed by atoms with Crippen LogP contribution in [0.1, 0.15) is 12.8 Å². The number of fused-ring (bicyclic) bond motifs is 1. The predicted molar refractivity (Wildman–Crippen MR) is 115 cm³/mol. The summed E-state index contributed by atoms with van der Waals surface area (Å²) in [6.45, 7) is 7.19. The highest BCUT2D eigenvalue weighted by Gasteiger charge is 2.43. The highest BCUT2D eigenvalue weighted by Crippen LogP contribution is 2.42. The predicted octanol–water partition coefficient (Wildman–Crippen LogP) is 3.76. The molecule has 0 bridgehead atoms. The van der Waals surface area contributed by atoms with Crippen LogP contribution in [0.3, 0.4) is 0 Å². The number of hydrogen-bond acceptors (Lipinski definition) is 3. The quantitative estimate of drug-likeness (QED) is 0.739. The van der Waals surface area contributed by atoms with E-state index in [0.717, 1.165) is 50.9 Å². The average Bonchev–Trinajstić information content (AvgIpc) is 3.22. The Morgan fingerprint density at radius 2 is 1.71 bits per heavy atom. The number of piperazine rings is 1. The first-order valence-electron chi connectivity index (χ1n) is 10.3. The van der Waals surface area contributed by atoms with E-state index in [0.29, 0.717) is 21.9 Å². The van der Waals surface area contributed by atoms with Crippen molar-refractivity contribution in [3.8, 4) is 0 Å². The minimum atomic E-state index is 0.168. The first-order chi connectivity index (χ1) is 13.4. The van der Waals surface area contributed by atoms with Crippen molar-refractivity contribution in [1.29, 1.82) is 0 Å². The van der Waals surface area contributed by atoms with E-state index in [1.54, 1.807) is 4.90 Å². The van der Waals surface area contributed by atoms with Crippen LogP contribution in [0.5, 0.6) is 0 Å². The number of amides is 2. The number of rotatable bonds is 3. The lowest BCUT2D eigenvalue weighted by Gasteiger charge is -2.37. The van der Waals surface area contributed by atoms with E-state index in [-0.39, 0.29) is 6.03 Å². The normalized spacial score (nSPS) is 27.9. The minimum Gasteiger partial charge on any atom is -0.368 e. The Kier molecular flexibility index (Phi) is 5.96. The molecule has 2 amide bonds. The third kappa shape index (κ3) is 4.07. The number of halogens is 2. The highest BCUT2D eigenvalue weighted by atomic mass is 35.5. The lowest BCUT2D eigenvalue weighted by atomic mass is 10.0. The number of likely N-dealkylation sites (tertiary alicyclic amines) is 1. The maximum absolute atomic E-state index is 12.2. The molecule has 0 aromatic heterocycles. The van der Waals surface area contributed by atoms with Crippen molar-refractivity contribution in [2.24, 2.45) is 17.8 Å². The molecular formula is C21H30Cl2N4O. The zero-order valence-electron chi connectivity index (χ0n) is 16.8. The molecule has 1 aromatic carbocycles. The highest BCUT2D eigenvalue weighted by molar-refractivity contribution is 6.43. The van der Waals surface area contributed by atoms with Crippen LogP contribution in [-0.4, -0.2) is 80.6 Å². The molecule has 7 heteroatoms. The molecule has 0 N–H and O–H groups in total. The molecule has 2 unspecified atom stereocenters. The molecule has 0 radical (unpaired) electrons. The number of carbonyl (C=O) groups excluding carboxylic acids is 1. The van der Waals surface area contributed by atoms with Crippen molar-refractivity contribution in [1.82, 2.24) is 14.7 Å². The summed E-state index contributed by atoms with van der Waals surface area (Å²) in [5, 5.41) is 1.29. The molecule has 1 saturated carbocycles. The van der Waals surface area contributed by atoms with Crippen molar-refractivity contribution in [3.63, 3.8) is 0 Å². The Hall–Kier alpha value is -1.17. The van der Waals surface area contributed by atoms with Crippen LogP contribution in [-0.2, 0) is 0 Å². The molecule has 28 heavy (non-hydrogen) atoms. The van der Waals surface area contributed by atoms with Gasteiger partial charge in [-0.05, 0) is 42.7 Å². The Balaban J connectivity index is 1.25. The number of benzene rings is 1.